The van der Waals surface area contributed by atoms with Crippen LogP contribution in [0.3, 0.4) is 0 Å². The summed E-state index contributed by atoms with van der Waals surface area (Å²) in [6.07, 6.45) is 4.51. The van der Waals surface area contributed by atoms with Gasteiger partial charge in [-0.25, -0.2) is 0 Å². The number of hydrogen-bond acceptors (Lipinski definition) is 3. The molecule has 1 aliphatic carbocycles. The molecule has 0 bridgehead atoms. The van der Waals surface area contributed by atoms with Crippen molar-refractivity contribution in [2.45, 2.75) is 57.7 Å². The Balaban J connectivity index is 1.83. The van der Waals surface area contributed by atoms with Crippen molar-refractivity contribution in [2.24, 2.45) is 5.41 Å². The van der Waals surface area contributed by atoms with Crippen LogP contribution in [0.1, 0.15) is 39.5 Å². The first-order chi connectivity index (χ1) is 8.05. The summed E-state index contributed by atoms with van der Waals surface area (Å²) in [5.74, 6) is 0.164. The number of hydrogen-bond donors (Lipinski definition) is 2. The zero-order valence-electron chi connectivity index (χ0n) is 11.1. The second kappa shape index (κ2) is 4.94. The number of carbonyl (C=O) groups excluding carboxylic acids is 1. The lowest BCUT2D eigenvalue weighted by Gasteiger charge is -2.51. The van der Waals surface area contributed by atoms with Gasteiger partial charge in [-0.3, -0.25) is 4.79 Å². The van der Waals surface area contributed by atoms with Crippen molar-refractivity contribution in [3.63, 3.8) is 0 Å². The van der Waals surface area contributed by atoms with Crippen molar-refractivity contribution < 1.29 is 9.53 Å². The van der Waals surface area contributed by atoms with Crippen molar-refractivity contribution in [2.75, 3.05) is 13.7 Å². The third-order valence-electron chi connectivity index (χ3n) is 4.41. The summed E-state index contributed by atoms with van der Waals surface area (Å²) in [5.41, 5.74) is 0.0546. The molecule has 2 fully saturated rings. The van der Waals surface area contributed by atoms with Crippen LogP contribution < -0.4 is 10.6 Å². The van der Waals surface area contributed by atoms with Gasteiger partial charge in [0.05, 0.1) is 12.1 Å². The van der Waals surface area contributed by atoms with E-state index in [0.717, 1.165) is 25.8 Å². The Labute approximate surface area is 103 Å². The van der Waals surface area contributed by atoms with Crippen LogP contribution in [0, 0.1) is 5.41 Å². The van der Waals surface area contributed by atoms with E-state index in [2.05, 4.69) is 24.5 Å². The Morgan fingerprint density at radius 1 is 1.41 bits per heavy atom. The molecule has 1 aliphatic heterocycles. The lowest BCUT2D eigenvalue weighted by molar-refractivity contribution is -0.134. The molecule has 4 heteroatoms. The fourth-order valence-corrected chi connectivity index (χ4v) is 2.88. The molecular weight excluding hydrogens is 216 g/mol. The molecule has 0 radical (unpaired) electrons. The van der Waals surface area contributed by atoms with E-state index < -0.39 is 0 Å². The van der Waals surface area contributed by atoms with Crippen LogP contribution in [0.2, 0.25) is 0 Å². The Hall–Kier alpha value is -0.610. The fraction of sp³-hybridized carbons (Fsp3) is 0.923. The molecule has 4 nitrogen and oxygen atoms in total. The van der Waals surface area contributed by atoms with Crippen LogP contribution in [-0.2, 0) is 9.53 Å². The monoisotopic (exact) mass is 240 g/mol. The first-order valence-electron chi connectivity index (χ1n) is 6.62. The molecule has 2 N–H and O–H groups in total. The second-order valence-corrected chi connectivity index (χ2v) is 5.85. The van der Waals surface area contributed by atoms with E-state index in [-0.39, 0.29) is 29.5 Å². The van der Waals surface area contributed by atoms with E-state index in [0.29, 0.717) is 0 Å². The standard InChI is InChI=1S/C13H24N2O2/c1-13(2)10(8-11(13)17-3)15-12(16)9-6-4-5-7-14-9/h9-11,14H,4-8H2,1-3H3,(H,15,16). The van der Waals surface area contributed by atoms with Crippen molar-refractivity contribution in [3.05, 3.63) is 0 Å². The van der Waals surface area contributed by atoms with Gasteiger partial charge in [-0.1, -0.05) is 20.3 Å². The number of methoxy groups -OCH3 is 1. The van der Waals surface area contributed by atoms with Gasteiger partial charge in [0.15, 0.2) is 0 Å². The first-order valence-corrected chi connectivity index (χ1v) is 6.62. The van der Waals surface area contributed by atoms with Gasteiger partial charge in [0, 0.05) is 18.6 Å². The summed E-state index contributed by atoms with van der Waals surface area (Å²) >= 11 is 0. The van der Waals surface area contributed by atoms with Gasteiger partial charge in [-0.05, 0) is 25.8 Å². The summed E-state index contributed by atoms with van der Waals surface area (Å²) < 4.78 is 5.39. The largest absolute Gasteiger partial charge is 0.381 e. The molecule has 0 aromatic carbocycles. The van der Waals surface area contributed by atoms with Crippen molar-refractivity contribution in [1.29, 1.82) is 0 Å². The van der Waals surface area contributed by atoms with Gasteiger partial charge >= 0.3 is 0 Å². The highest BCUT2D eigenvalue weighted by Crippen LogP contribution is 2.42. The first kappa shape index (κ1) is 12.8. The third kappa shape index (κ3) is 2.47. The zero-order chi connectivity index (χ0) is 12.5. The summed E-state index contributed by atoms with van der Waals surface area (Å²) in [4.78, 5) is 12.1. The number of amides is 1. The minimum Gasteiger partial charge on any atom is -0.381 e. The van der Waals surface area contributed by atoms with E-state index in [1.165, 1.54) is 6.42 Å². The van der Waals surface area contributed by atoms with Crippen LogP contribution in [0.4, 0.5) is 0 Å². The topological polar surface area (TPSA) is 50.4 Å². The minimum absolute atomic E-state index is 0.0149. The number of piperidine rings is 1. The SMILES string of the molecule is COC1CC(NC(=O)C2CCCCN2)C1(C)C. The summed E-state index contributed by atoms with van der Waals surface area (Å²) in [6.45, 7) is 5.28. The Morgan fingerprint density at radius 3 is 2.71 bits per heavy atom. The van der Waals surface area contributed by atoms with Crippen molar-refractivity contribution >= 4 is 5.91 Å². The smallest absolute Gasteiger partial charge is 0.237 e. The minimum atomic E-state index is 0.0149. The highest BCUT2D eigenvalue weighted by Gasteiger charge is 2.49. The second-order valence-electron chi connectivity index (χ2n) is 5.85. The van der Waals surface area contributed by atoms with Gasteiger partial charge in [0.25, 0.3) is 0 Å². The number of nitrogens with one attached hydrogen (secondary N) is 2. The molecule has 1 heterocycles. The van der Waals surface area contributed by atoms with E-state index in [9.17, 15) is 4.79 Å². The van der Waals surface area contributed by atoms with Crippen LogP contribution in [0.5, 0.6) is 0 Å². The molecule has 3 unspecified atom stereocenters. The van der Waals surface area contributed by atoms with Crippen LogP contribution in [0.15, 0.2) is 0 Å². The average molecular weight is 240 g/mol. The molecule has 0 spiro atoms. The third-order valence-corrected chi connectivity index (χ3v) is 4.41. The van der Waals surface area contributed by atoms with Gasteiger partial charge in [-0.2, -0.15) is 0 Å². The summed E-state index contributed by atoms with van der Waals surface area (Å²) in [6, 6.07) is 0.268. The van der Waals surface area contributed by atoms with Crippen molar-refractivity contribution in [1.82, 2.24) is 10.6 Å². The summed E-state index contributed by atoms with van der Waals surface area (Å²) in [7, 11) is 1.74. The molecule has 1 amide bonds. The van der Waals surface area contributed by atoms with Crippen LogP contribution in [0.25, 0.3) is 0 Å². The summed E-state index contributed by atoms with van der Waals surface area (Å²) in [5, 5.41) is 6.44. The quantitative estimate of drug-likeness (QED) is 0.775. The maximum absolute atomic E-state index is 12.1. The van der Waals surface area contributed by atoms with Crippen LogP contribution >= 0.6 is 0 Å². The molecule has 1 saturated carbocycles. The van der Waals surface area contributed by atoms with Crippen molar-refractivity contribution in [3.8, 4) is 0 Å². The van der Waals surface area contributed by atoms with Gasteiger partial charge < -0.3 is 15.4 Å². The Morgan fingerprint density at radius 2 is 2.18 bits per heavy atom. The molecule has 0 aromatic rings. The average Bonchev–Trinajstić information content (AvgIpc) is 2.34. The number of ether oxygens (including phenoxy) is 1. The van der Waals surface area contributed by atoms with E-state index in [4.69, 9.17) is 4.74 Å². The maximum atomic E-state index is 12.1. The molecule has 98 valence electrons. The Kier molecular flexibility index (Phi) is 3.73. The number of carbonyl (C=O) groups is 1. The molecule has 2 aliphatic rings. The molecule has 0 aromatic heterocycles. The van der Waals surface area contributed by atoms with E-state index in [1.807, 2.05) is 0 Å². The normalized spacial score (nSPS) is 36.1. The predicted molar refractivity (Wildman–Crippen MR) is 66.8 cm³/mol. The molecule has 2 rings (SSSR count). The van der Waals surface area contributed by atoms with Gasteiger partial charge in [-0.15, -0.1) is 0 Å². The van der Waals surface area contributed by atoms with Gasteiger partial charge in [0.2, 0.25) is 5.91 Å². The predicted octanol–water partition coefficient (Wildman–Crippen LogP) is 1.06. The molecule has 17 heavy (non-hydrogen) atoms. The fourth-order valence-electron chi connectivity index (χ4n) is 2.88. The molecule has 3 atom stereocenters. The zero-order valence-corrected chi connectivity index (χ0v) is 11.1. The van der Waals surface area contributed by atoms with Gasteiger partial charge in [0.1, 0.15) is 0 Å². The highest BCUT2D eigenvalue weighted by molar-refractivity contribution is 5.82. The van der Waals surface area contributed by atoms with E-state index in [1.54, 1.807) is 7.11 Å². The molecular formula is C13H24N2O2. The van der Waals surface area contributed by atoms with Crippen LogP contribution in [-0.4, -0.2) is 37.7 Å². The van der Waals surface area contributed by atoms with E-state index >= 15 is 0 Å². The lowest BCUT2D eigenvalue weighted by Crippen LogP contribution is -2.64. The highest BCUT2D eigenvalue weighted by atomic mass is 16.5. The molecule has 1 saturated heterocycles. The number of rotatable bonds is 3. The lowest BCUT2D eigenvalue weighted by atomic mass is 9.64. The Bertz CT molecular complexity index is 285. The maximum Gasteiger partial charge on any atom is 0.237 e.